The number of fused-ring (bicyclic) bond motifs is 2. The van der Waals surface area contributed by atoms with Gasteiger partial charge in [0.25, 0.3) is 0 Å². The van der Waals surface area contributed by atoms with Crippen LogP contribution >= 0.6 is 0 Å². The van der Waals surface area contributed by atoms with Gasteiger partial charge in [-0.3, -0.25) is 0 Å². The van der Waals surface area contributed by atoms with Gasteiger partial charge in [-0.15, -0.1) is 0 Å². The maximum Gasteiger partial charge on any atom is 0.160 e. The lowest BCUT2D eigenvalue weighted by molar-refractivity contribution is 0.126. The molecule has 0 atom stereocenters. The van der Waals surface area contributed by atoms with Crippen molar-refractivity contribution in [3.63, 3.8) is 0 Å². The minimum Gasteiger partial charge on any atom is -0.393 e. The molecule has 34 heavy (non-hydrogen) atoms. The van der Waals surface area contributed by atoms with Crippen molar-refractivity contribution in [2.75, 3.05) is 23.3 Å². The molecule has 2 N–H and O–H groups in total. The molecule has 8 nitrogen and oxygen atoms in total. The van der Waals surface area contributed by atoms with Gasteiger partial charge in [0.2, 0.25) is 0 Å². The highest BCUT2D eigenvalue weighted by Gasteiger charge is 2.23. The van der Waals surface area contributed by atoms with E-state index in [9.17, 15) is 5.11 Å². The number of aromatic nitrogens is 5. The van der Waals surface area contributed by atoms with E-state index in [2.05, 4.69) is 35.3 Å². The number of anilines is 2. The van der Waals surface area contributed by atoms with Crippen LogP contribution in [0.2, 0.25) is 0 Å². The van der Waals surface area contributed by atoms with Gasteiger partial charge in [0.05, 0.1) is 22.8 Å². The van der Waals surface area contributed by atoms with Gasteiger partial charge in [-0.2, -0.15) is 9.61 Å². The maximum atomic E-state index is 9.93. The number of hydrogen-bond acceptors (Lipinski definition) is 7. The summed E-state index contributed by atoms with van der Waals surface area (Å²) in [6.07, 6.45) is 5.79. The van der Waals surface area contributed by atoms with Crippen LogP contribution in [0.5, 0.6) is 0 Å². The SMILES string of the molecule is Cc1ccc2nc(C)c(-c3cc4nc(N5CCCC5)cc(NC5CCC(O)CC5)n4n3)nc2c1. The van der Waals surface area contributed by atoms with E-state index in [-0.39, 0.29) is 6.10 Å². The summed E-state index contributed by atoms with van der Waals surface area (Å²) in [7, 11) is 0. The zero-order valence-electron chi connectivity index (χ0n) is 19.8. The van der Waals surface area contributed by atoms with Crippen LogP contribution in [0.4, 0.5) is 11.6 Å². The first-order valence-electron chi connectivity index (χ1n) is 12.4. The van der Waals surface area contributed by atoms with E-state index in [1.807, 2.05) is 23.6 Å². The Morgan fingerprint density at radius 1 is 0.912 bits per heavy atom. The third-order valence-corrected chi connectivity index (χ3v) is 7.13. The van der Waals surface area contributed by atoms with Crippen molar-refractivity contribution >= 4 is 28.3 Å². The molecule has 2 fully saturated rings. The molecule has 0 unspecified atom stereocenters. The van der Waals surface area contributed by atoms with Gasteiger partial charge < -0.3 is 15.3 Å². The van der Waals surface area contributed by atoms with Crippen molar-refractivity contribution in [3.05, 3.63) is 41.6 Å². The molecule has 176 valence electrons. The van der Waals surface area contributed by atoms with Crippen LogP contribution in [-0.4, -0.2) is 54.9 Å². The summed E-state index contributed by atoms with van der Waals surface area (Å²) in [5.74, 6) is 1.94. The topological polar surface area (TPSA) is 91.5 Å². The Labute approximate surface area is 199 Å². The van der Waals surface area contributed by atoms with Crippen LogP contribution in [0, 0.1) is 13.8 Å². The molecule has 1 aliphatic heterocycles. The normalized spacial score (nSPS) is 21.0. The lowest BCUT2D eigenvalue weighted by Crippen LogP contribution is -2.29. The van der Waals surface area contributed by atoms with E-state index in [0.29, 0.717) is 6.04 Å². The van der Waals surface area contributed by atoms with E-state index in [1.165, 1.54) is 12.8 Å². The quantitative estimate of drug-likeness (QED) is 0.473. The van der Waals surface area contributed by atoms with Gasteiger partial charge in [0.15, 0.2) is 5.65 Å². The average Bonchev–Trinajstić information content (AvgIpc) is 3.50. The molecule has 0 amide bonds. The molecule has 1 saturated carbocycles. The van der Waals surface area contributed by atoms with E-state index >= 15 is 0 Å². The Balaban J connectivity index is 1.44. The van der Waals surface area contributed by atoms with Gasteiger partial charge in [0, 0.05) is 31.3 Å². The second-order valence-corrected chi connectivity index (χ2v) is 9.79. The number of aryl methyl sites for hydroxylation is 2. The third kappa shape index (κ3) is 3.96. The third-order valence-electron chi connectivity index (χ3n) is 7.13. The van der Waals surface area contributed by atoms with Crippen LogP contribution in [0.1, 0.15) is 49.8 Å². The predicted octanol–water partition coefficient (Wildman–Crippen LogP) is 4.27. The van der Waals surface area contributed by atoms with E-state index in [1.54, 1.807) is 0 Å². The van der Waals surface area contributed by atoms with Crippen molar-refractivity contribution in [1.29, 1.82) is 0 Å². The first-order valence-corrected chi connectivity index (χ1v) is 12.4. The van der Waals surface area contributed by atoms with E-state index in [0.717, 1.165) is 89.7 Å². The van der Waals surface area contributed by atoms with Crippen LogP contribution in [0.3, 0.4) is 0 Å². The zero-order valence-corrected chi connectivity index (χ0v) is 19.8. The van der Waals surface area contributed by atoms with Crippen molar-refractivity contribution in [1.82, 2.24) is 24.6 Å². The van der Waals surface area contributed by atoms with Crippen LogP contribution in [0.25, 0.3) is 28.1 Å². The fourth-order valence-electron chi connectivity index (χ4n) is 5.21. The first-order chi connectivity index (χ1) is 16.5. The number of rotatable bonds is 4. The van der Waals surface area contributed by atoms with E-state index in [4.69, 9.17) is 20.1 Å². The van der Waals surface area contributed by atoms with Gasteiger partial charge in [-0.05, 0) is 70.1 Å². The van der Waals surface area contributed by atoms with Crippen molar-refractivity contribution in [3.8, 4) is 11.4 Å². The summed E-state index contributed by atoms with van der Waals surface area (Å²) >= 11 is 0. The standard InChI is InChI=1S/C26H31N7O/c1-16-5-10-20-21(13-16)29-26(17(2)27-20)22-14-24-30-23(32-11-3-4-12-32)15-25(33(24)31-22)28-18-6-8-19(34)9-7-18/h5,10,13-15,18-19,28,34H,3-4,6-9,11-12H2,1-2H3. The highest BCUT2D eigenvalue weighted by atomic mass is 16.3. The fraction of sp³-hybridized carbons (Fsp3) is 0.462. The minimum absolute atomic E-state index is 0.176. The van der Waals surface area contributed by atoms with Gasteiger partial charge in [-0.1, -0.05) is 6.07 Å². The molecular weight excluding hydrogens is 426 g/mol. The molecule has 0 spiro atoms. The van der Waals surface area contributed by atoms with Crippen molar-refractivity contribution in [2.24, 2.45) is 0 Å². The Hall–Kier alpha value is -3.26. The van der Waals surface area contributed by atoms with Crippen molar-refractivity contribution in [2.45, 2.75) is 64.5 Å². The maximum absolute atomic E-state index is 9.93. The smallest absolute Gasteiger partial charge is 0.160 e. The molecule has 0 radical (unpaired) electrons. The number of hydrogen-bond donors (Lipinski definition) is 2. The fourth-order valence-corrected chi connectivity index (χ4v) is 5.21. The molecule has 2 aliphatic rings. The summed E-state index contributed by atoms with van der Waals surface area (Å²) < 4.78 is 1.90. The summed E-state index contributed by atoms with van der Waals surface area (Å²) in [6, 6.07) is 10.6. The average molecular weight is 458 g/mol. The number of aliphatic hydroxyl groups excluding tert-OH is 1. The molecule has 4 aromatic rings. The summed E-state index contributed by atoms with van der Waals surface area (Å²) in [4.78, 5) is 17.0. The first kappa shape index (κ1) is 21.3. The molecule has 3 aromatic heterocycles. The Morgan fingerprint density at radius 3 is 2.50 bits per heavy atom. The van der Waals surface area contributed by atoms with Gasteiger partial charge in [0.1, 0.15) is 23.0 Å². The predicted molar refractivity (Wildman–Crippen MR) is 134 cm³/mol. The Bertz CT molecular complexity index is 1350. The molecule has 4 heterocycles. The molecule has 1 aliphatic carbocycles. The van der Waals surface area contributed by atoms with Crippen LogP contribution in [0.15, 0.2) is 30.3 Å². The molecule has 1 saturated heterocycles. The molecular formula is C26H31N7O. The highest BCUT2D eigenvalue weighted by molar-refractivity contribution is 5.79. The lowest BCUT2D eigenvalue weighted by atomic mass is 9.93. The zero-order chi connectivity index (χ0) is 23.2. The lowest BCUT2D eigenvalue weighted by Gasteiger charge is -2.27. The number of aliphatic hydroxyl groups is 1. The summed E-state index contributed by atoms with van der Waals surface area (Å²) in [5.41, 5.74) is 6.17. The largest absolute Gasteiger partial charge is 0.393 e. The van der Waals surface area contributed by atoms with Crippen LogP contribution < -0.4 is 10.2 Å². The molecule has 0 bridgehead atoms. The monoisotopic (exact) mass is 457 g/mol. The Morgan fingerprint density at radius 2 is 1.71 bits per heavy atom. The van der Waals surface area contributed by atoms with Crippen LogP contribution in [-0.2, 0) is 0 Å². The number of nitrogens with zero attached hydrogens (tertiary/aromatic N) is 6. The number of benzene rings is 1. The highest BCUT2D eigenvalue weighted by Crippen LogP contribution is 2.29. The second-order valence-electron chi connectivity index (χ2n) is 9.79. The van der Waals surface area contributed by atoms with E-state index < -0.39 is 0 Å². The Kier molecular flexibility index (Phi) is 5.32. The second kappa shape index (κ2) is 8.51. The van der Waals surface area contributed by atoms with Crippen molar-refractivity contribution < 1.29 is 5.11 Å². The number of nitrogens with one attached hydrogen (secondary N) is 1. The summed E-state index contributed by atoms with van der Waals surface area (Å²) in [6.45, 7) is 6.13. The summed E-state index contributed by atoms with van der Waals surface area (Å²) in [5, 5.41) is 18.6. The minimum atomic E-state index is -0.176. The van der Waals surface area contributed by atoms with Gasteiger partial charge >= 0.3 is 0 Å². The molecule has 6 rings (SSSR count). The molecule has 8 heteroatoms. The molecule has 1 aromatic carbocycles. The van der Waals surface area contributed by atoms with Gasteiger partial charge in [-0.25, -0.2) is 15.0 Å².